The Bertz CT molecular complexity index is 1160. The van der Waals surface area contributed by atoms with Gasteiger partial charge in [0.15, 0.2) is 17.5 Å². The summed E-state index contributed by atoms with van der Waals surface area (Å²) in [5.74, 6) is -2.81. The molecular weight excluding hydrogens is 508 g/mol. The zero-order valence-electron chi connectivity index (χ0n) is 19.4. The largest absolute Gasteiger partial charge is 0.442 e. The Balaban J connectivity index is 1.39. The number of rotatable bonds is 6. The average molecular weight is 530 g/mol. The highest BCUT2D eigenvalue weighted by Gasteiger charge is 2.34. The van der Waals surface area contributed by atoms with Gasteiger partial charge in [-0.05, 0) is 6.92 Å². The molecule has 1 aromatic heterocycles. The van der Waals surface area contributed by atoms with Crippen LogP contribution in [0.3, 0.4) is 0 Å². The van der Waals surface area contributed by atoms with E-state index in [2.05, 4.69) is 10.5 Å². The Morgan fingerprint density at radius 2 is 1.89 bits per heavy atom. The first-order chi connectivity index (χ1) is 17.6. The predicted octanol–water partition coefficient (Wildman–Crippen LogP) is 2.25. The van der Waals surface area contributed by atoms with E-state index in [-0.39, 0.29) is 56.5 Å². The highest BCUT2D eigenvalue weighted by atomic mass is 19.3. The van der Waals surface area contributed by atoms with Crippen LogP contribution >= 0.6 is 0 Å². The van der Waals surface area contributed by atoms with Gasteiger partial charge in [-0.3, -0.25) is 19.8 Å². The molecule has 1 atom stereocenters. The number of carbonyl (C=O) groups is 3. The molecule has 4 amide bonds. The Kier molecular flexibility index (Phi) is 7.66. The first-order valence-electron chi connectivity index (χ1n) is 11.0. The average Bonchev–Trinajstić information content (AvgIpc) is 3.32. The molecule has 4 rings (SSSR count). The minimum atomic E-state index is -3.23. The van der Waals surface area contributed by atoms with Gasteiger partial charge in [0.2, 0.25) is 0 Å². The minimum absolute atomic E-state index is 0.0239. The van der Waals surface area contributed by atoms with E-state index in [1.807, 2.05) is 5.32 Å². The summed E-state index contributed by atoms with van der Waals surface area (Å²) in [6, 6.07) is 2.73. The molecule has 0 radical (unpaired) electrons. The van der Waals surface area contributed by atoms with Gasteiger partial charge in [0, 0.05) is 31.3 Å². The summed E-state index contributed by atoms with van der Waals surface area (Å²) < 4.78 is 64.6. The van der Waals surface area contributed by atoms with Gasteiger partial charge < -0.3 is 19.5 Å². The van der Waals surface area contributed by atoms with E-state index in [4.69, 9.17) is 14.1 Å². The number of hydrogen-bond donors (Lipinski definition) is 2. The van der Waals surface area contributed by atoms with E-state index in [0.717, 1.165) is 22.1 Å². The van der Waals surface area contributed by atoms with Crippen LogP contribution in [-0.2, 0) is 14.4 Å². The standard InChI is InChI=1S/C21H22F4N6O6/c1-11-6-16(28-37-11)27-20(33)31-3-2-29(4-5-35-31)17-14(22)7-12(8-15(17)23)30-10-13(36-21(30)34)9-26-19(32)18(24)25/h6-8,13,18H,2-5,9-10H2,1H3,(H,26,32)(H,27,28,33). The summed E-state index contributed by atoms with van der Waals surface area (Å²) in [6.07, 6.45) is -5.16. The maximum Gasteiger partial charge on any atom is 0.414 e. The second-order valence-electron chi connectivity index (χ2n) is 8.10. The van der Waals surface area contributed by atoms with Crippen LogP contribution in [0.2, 0.25) is 0 Å². The smallest absolute Gasteiger partial charge is 0.414 e. The molecule has 2 aliphatic rings. The predicted molar refractivity (Wildman–Crippen MR) is 118 cm³/mol. The molecule has 0 saturated carbocycles. The van der Waals surface area contributed by atoms with Crippen molar-refractivity contribution in [2.75, 3.05) is 54.4 Å². The summed E-state index contributed by atoms with van der Waals surface area (Å²) in [5.41, 5.74) is -0.531. The fourth-order valence-corrected chi connectivity index (χ4v) is 3.77. The van der Waals surface area contributed by atoms with Crippen LogP contribution < -0.4 is 20.4 Å². The molecule has 12 nitrogen and oxygen atoms in total. The summed E-state index contributed by atoms with van der Waals surface area (Å²) in [6.45, 7) is 1.03. The highest BCUT2D eigenvalue weighted by molar-refractivity contribution is 5.90. The number of ether oxygens (including phenoxy) is 1. The number of hydroxylamine groups is 2. The van der Waals surface area contributed by atoms with E-state index in [1.54, 1.807) is 6.92 Å². The number of nitrogens with zero attached hydrogens (tertiary/aromatic N) is 4. The van der Waals surface area contributed by atoms with Gasteiger partial charge >= 0.3 is 18.5 Å². The van der Waals surface area contributed by atoms with E-state index in [9.17, 15) is 23.2 Å². The second-order valence-corrected chi connectivity index (χ2v) is 8.10. The first kappa shape index (κ1) is 26.0. The van der Waals surface area contributed by atoms with Crippen LogP contribution in [0.1, 0.15) is 5.76 Å². The number of hydrogen-bond acceptors (Lipinski definition) is 8. The summed E-state index contributed by atoms with van der Waals surface area (Å²) in [7, 11) is 0. The molecule has 0 aliphatic carbocycles. The molecule has 0 spiro atoms. The van der Waals surface area contributed by atoms with Crippen LogP contribution in [0.15, 0.2) is 22.7 Å². The van der Waals surface area contributed by atoms with Crippen LogP contribution in [-0.4, -0.2) is 80.1 Å². The van der Waals surface area contributed by atoms with Gasteiger partial charge in [0.25, 0.3) is 5.91 Å². The van der Waals surface area contributed by atoms with Gasteiger partial charge in [-0.25, -0.2) is 23.4 Å². The summed E-state index contributed by atoms with van der Waals surface area (Å²) in [5, 5.41) is 9.06. The molecule has 1 aromatic carbocycles. The maximum absolute atomic E-state index is 15.0. The lowest BCUT2D eigenvalue weighted by molar-refractivity contribution is -0.132. The molecule has 2 N–H and O–H groups in total. The lowest BCUT2D eigenvalue weighted by Gasteiger charge is -2.24. The number of anilines is 3. The molecule has 2 aromatic rings. The quantitative estimate of drug-likeness (QED) is 0.545. The van der Waals surface area contributed by atoms with Crippen molar-refractivity contribution < 1.29 is 46.0 Å². The highest BCUT2D eigenvalue weighted by Crippen LogP contribution is 2.31. The van der Waals surface area contributed by atoms with Crippen molar-refractivity contribution in [2.45, 2.75) is 19.5 Å². The Morgan fingerprint density at radius 1 is 1.16 bits per heavy atom. The second kappa shape index (κ2) is 10.9. The number of alkyl halides is 2. The van der Waals surface area contributed by atoms with Crippen molar-refractivity contribution in [3.8, 4) is 0 Å². The number of urea groups is 1. The van der Waals surface area contributed by atoms with Crippen molar-refractivity contribution in [3.05, 3.63) is 35.6 Å². The van der Waals surface area contributed by atoms with Crippen molar-refractivity contribution in [1.82, 2.24) is 15.5 Å². The van der Waals surface area contributed by atoms with E-state index in [1.165, 1.54) is 11.0 Å². The minimum Gasteiger partial charge on any atom is -0.442 e. The molecule has 2 saturated heterocycles. The molecule has 200 valence electrons. The normalized spacial score (nSPS) is 18.2. The number of carbonyl (C=O) groups excluding carboxylic acids is 3. The number of halogens is 4. The number of aromatic nitrogens is 1. The van der Waals surface area contributed by atoms with Gasteiger partial charge in [-0.2, -0.15) is 8.78 Å². The maximum atomic E-state index is 15.0. The lowest BCUT2D eigenvalue weighted by Crippen LogP contribution is -2.37. The van der Waals surface area contributed by atoms with Crippen LogP contribution in [0.5, 0.6) is 0 Å². The van der Waals surface area contributed by atoms with Crippen LogP contribution in [0, 0.1) is 18.6 Å². The number of benzene rings is 1. The Labute approximate surface area is 207 Å². The van der Waals surface area contributed by atoms with E-state index >= 15 is 8.78 Å². The number of aryl methyl sites for hydroxylation is 1. The first-order valence-corrected chi connectivity index (χ1v) is 11.0. The van der Waals surface area contributed by atoms with Crippen molar-refractivity contribution in [3.63, 3.8) is 0 Å². The third-order valence-corrected chi connectivity index (χ3v) is 5.48. The molecule has 2 fully saturated rings. The van der Waals surface area contributed by atoms with Crippen molar-refractivity contribution in [1.29, 1.82) is 0 Å². The van der Waals surface area contributed by atoms with E-state index < -0.39 is 42.2 Å². The van der Waals surface area contributed by atoms with Crippen molar-refractivity contribution >= 4 is 35.2 Å². The molecule has 16 heteroatoms. The lowest BCUT2D eigenvalue weighted by atomic mass is 10.2. The van der Waals surface area contributed by atoms with E-state index in [0.29, 0.717) is 5.76 Å². The van der Waals surface area contributed by atoms with Gasteiger partial charge in [0.1, 0.15) is 17.6 Å². The zero-order valence-corrected chi connectivity index (χ0v) is 19.4. The third kappa shape index (κ3) is 6.02. The Hall–Kier alpha value is -4.08. The van der Waals surface area contributed by atoms with Crippen molar-refractivity contribution in [2.24, 2.45) is 0 Å². The van der Waals surface area contributed by atoms with Crippen LogP contribution in [0.25, 0.3) is 0 Å². The topological polar surface area (TPSA) is 129 Å². The SMILES string of the molecule is Cc1cc(NC(=O)N2CCN(c3c(F)cc(N4CC(CNC(=O)C(F)F)OC4=O)cc3F)CCO2)no1. The third-order valence-electron chi connectivity index (χ3n) is 5.48. The molecule has 2 aliphatic heterocycles. The molecular formula is C21H22F4N6O6. The summed E-state index contributed by atoms with van der Waals surface area (Å²) >= 11 is 0. The molecule has 3 heterocycles. The summed E-state index contributed by atoms with van der Waals surface area (Å²) in [4.78, 5) is 43.3. The molecule has 1 unspecified atom stereocenters. The number of cyclic esters (lactones) is 1. The number of nitrogens with one attached hydrogen (secondary N) is 2. The zero-order chi connectivity index (χ0) is 26.7. The molecule has 0 bridgehead atoms. The fraction of sp³-hybridized carbons (Fsp3) is 0.429. The fourth-order valence-electron chi connectivity index (χ4n) is 3.77. The monoisotopic (exact) mass is 530 g/mol. The number of amides is 4. The molecule has 37 heavy (non-hydrogen) atoms. The van der Waals surface area contributed by atoms with Gasteiger partial charge in [0.05, 0.1) is 31.9 Å². The van der Waals surface area contributed by atoms with Crippen LogP contribution in [0.4, 0.5) is 44.3 Å². The van der Waals surface area contributed by atoms with Gasteiger partial charge in [-0.1, -0.05) is 5.16 Å². The van der Waals surface area contributed by atoms with Gasteiger partial charge in [-0.15, -0.1) is 0 Å². The Morgan fingerprint density at radius 3 is 2.54 bits per heavy atom.